The Morgan fingerprint density at radius 1 is 1.00 bits per heavy atom. The molecule has 1 N–H and O–H groups in total. The Morgan fingerprint density at radius 2 is 1.82 bits per heavy atom. The number of phenolic OH excluding ortho intramolecular Hbond substituents is 1. The summed E-state index contributed by atoms with van der Waals surface area (Å²) in [5.74, 6) is -0.0349. The van der Waals surface area contributed by atoms with Crippen LogP contribution in [0.1, 0.15) is 78.2 Å². The first-order chi connectivity index (χ1) is 24.8. The number of imidazole rings is 1. The van der Waals surface area contributed by atoms with Gasteiger partial charge in [0, 0.05) is 62.2 Å². The zero-order valence-corrected chi connectivity index (χ0v) is 30.0. The monoisotopic (exact) mass is 710 g/mol. The molecule has 4 aromatic rings. The number of aromatic hydroxyl groups is 1. The van der Waals surface area contributed by atoms with Crippen LogP contribution in [0, 0.1) is 6.92 Å². The first-order valence-corrected chi connectivity index (χ1v) is 18.7. The van der Waals surface area contributed by atoms with Crippen LogP contribution in [-0.2, 0) is 35.5 Å². The van der Waals surface area contributed by atoms with Crippen molar-refractivity contribution in [1.82, 2.24) is 29.2 Å². The summed E-state index contributed by atoms with van der Waals surface area (Å²) >= 11 is 6.51. The van der Waals surface area contributed by atoms with Crippen LogP contribution in [0.15, 0.2) is 73.3 Å². The highest BCUT2D eigenvalue weighted by atomic mass is 35.5. The third-order valence-corrected chi connectivity index (χ3v) is 10.9. The lowest BCUT2D eigenvalue weighted by Gasteiger charge is -2.45. The average Bonchev–Trinajstić information content (AvgIpc) is 3.49. The summed E-state index contributed by atoms with van der Waals surface area (Å²) in [6, 6.07) is 16.3. The van der Waals surface area contributed by atoms with Crippen LogP contribution in [0.5, 0.6) is 5.75 Å². The van der Waals surface area contributed by atoms with E-state index in [-0.39, 0.29) is 30.3 Å². The molecule has 10 nitrogen and oxygen atoms in total. The van der Waals surface area contributed by atoms with Gasteiger partial charge in [-0.15, -0.1) is 0 Å². The van der Waals surface area contributed by atoms with Crippen LogP contribution < -0.4 is 0 Å². The van der Waals surface area contributed by atoms with Gasteiger partial charge in [-0.1, -0.05) is 48.4 Å². The Kier molecular flexibility index (Phi) is 10.9. The molecule has 2 atom stereocenters. The van der Waals surface area contributed by atoms with Crippen LogP contribution in [0.3, 0.4) is 0 Å². The number of pyridine rings is 1. The number of carbonyl (C=O) groups is 2. The highest BCUT2D eigenvalue weighted by molar-refractivity contribution is 6.30. The zero-order chi connectivity index (χ0) is 35.3. The largest absolute Gasteiger partial charge is 0.508 e. The van der Waals surface area contributed by atoms with E-state index in [0.29, 0.717) is 49.7 Å². The van der Waals surface area contributed by atoms with E-state index < -0.39 is 12.1 Å². The molecule has 51 heavy (non-hydrogen) atoms. The number of nitrogens with zero attached hydrogens (tertiary/aromatic N) is 6. The molecule has 0 bridgehead atoms. The van der Waals surface area contributed by atoms with Gasteiger partial charge in [-0.05, 0) is 92.8 Å². The molecule has 0 unspecified atom stereocenters. The minimum Gasteiger partial charge on any atom is -0.508 e. The topological polar surface area (TPSA) is 104 Å². The maximum absolute atomic E-state index is 15.0. The second-order valence-electron chi connectivity index (χ2n) is 14.1. The molecule has 2 aliphatic carbocycles. The Labute approximate surface area is 305 Å². The van der Waals surface area contributed by atoms with E-state index >= 15 is 4.79 Å². The lowest BCUT2D eigenvalue weighted by molar-refractivity contribution is -0.140. The van der Waals surface area contributed by atoms with Crippen LogP contribution >= 0.6 is 11.6 Å². The van der Waals surface area contributed by atoms with Gasteiger partial charge in [-0.3, -0.25) is 19.6 Å². The van der Waals surface area contributed by atoms with Crippen molar-refractivity contribution >= 4 is 23.6 Å². The minimum absolute atomic E-state index is 0.134. The highest BCUT2D eigenvalue weighted by Gasteiger charge is 2.43. The van der Waals surface area contributed by atoms with Gasteiger partial charge in [0.2, 0.25) is 5.91 Å². The van der Waals surface area contributed by atoms with E-state index in [2.05, 4.69) is 22.0 Å². The number of aryl methyl sites for hydroxylation is 4. The molecular formula is C40H47ClN6O4. The molecule has 1 aliphatic heterocycles. The van der Waals surface area contributed by atoms with Gasteiger partial charge in [-0.25, -0.2) is 9.78 Å². The molecule has 7 rings (SSSR count). The highest BCUT2D eigenvalue weighted by Crippen LogP contribution is 2.38. The molecule has 2 fully saturated rings. The van der Waals surface area contributed by atoms with Gasteiger partial charge < -0.3 is 19.3 Å². The second kappa shape index (κ2) is 15.9. The summed E-state index contributed by atoms with van der Waals surface area (Å²) in [5, 5.41) is 11.5. The van der Waals surface area contributed by atoms with Crippen LogP contribution in [0.25, 0.3) is 0 Å². The lowest BCUT2D eigenvalue weighted by atomic mass is 9.95. The number of halogens is 1. The molecule has 268 valence electrons. The number of fused-ring (bicyclic) bond motifs is 2. The summed E-state index contributed by atoms with van der Waals surface area (Å²) in [5.41, 5.74) is 6.04. The predicted molar refractivity (Wildman–Crippen MR) is 195 cm³/mol. The zero-order valence-electron chi connectivity index (χ0n) is 29.3. The molecule has 0 spiro atoms. The van der Waals surface area contributed by atoms with Crippen molar-refractivity contribution in [3.05, 3.63) is 112 Å². The van der Waals surface area contributed by atoms with Gasteiger partial charge in [-0.2, -0.15) is 0 Å². The van der Waals surface area contributed by atoms with Crippen LogP contribution in [-0.4, -0.2) is 84.7 Å². The maximum atomic E-state index is 15.0. The molecule has 2 aromatic carbocycles. The number of benzene rings is 2. The number of phenols is 1. The quantitative estimate of drug-likeness (QED) is 0.206. The van der Waals surface area contributed by atoms with Crippen LogP contribution in [0.2, 0.25) is 5.02 Å². The second-order valence-corrected chi connectivity index (χ2v) is 14.6. The van der Waals surface area contributed by atoms with Gasteiger partial charge >= 0.3 is 6.09 Å². The van der Waals surface area contributed by atoms with Crippen molar-refractivity contribution in [3.8, 4) is 5.75 Å². The Morgan fingerprint density at radius 3 is 2.63 bits per heavy atom. The minimum atomic E-state index is -0.803. The number of ether oxygens (including phenoxy) is 1. The molecule has 3 heterocycles. The summed E-state index contributed by atoms with van der Waals surface area (Å²) in [6.07, 6.45) is 12.3. The molecule has 1 saturated heterocycles. The summed E-state index contributed by atoms with van der Waals surface area (Å²) in [7, 11) is 0. The third kappa shape index (κ3) is 8.07. The number of amides is 2. The fraction of sp³-hybridized carbons (Fsp3) is 0.450. The van der Waals surface area contributed by atoms with Gasteiger partial charge in [0.15, 0.2) is 0 Å². The van der Waals surface area contributed by atoms with E-state index in [1.807, 2.05) is 54.2 Å². The van der Waals surface area contributed by atoms with Crippen molar-refractivity contribution in [1.29, 1.82) is 0 Å². The van der Waals surface area contributed by atoms with E-state index in [4.69, 9.17) is 21.3 Å². The molecule has 2 amide bonds. The number of hydrogen-bond donors (Lipinski definition) is 1. The third-order valence-electron chi connectivity index (χ3n) is 10.6. The van der Waals surface area contributed by atoms with Crippen LogP contribution in [0.4, 0.5) is 4.79 Å². The number of hydrogen-bond acceptors (Lipinski definition) is 7. The first-order valence-electron chi connectivity index (χ1n) is 18.3. The van der Waals surface area contributed by atoms with Gasteiger partial charge in [0.25, 0.3) is 0 Å². The molecule has 1 saturated carbocycles. The summed E-state index contributed by atoms with van der Waals surface area (Å²) < 4.78 is 8.14. The normalized spacial score (nSPS) is 19.5. The number of rotatable bonds is 9. The number of aromatic nitrogens is 3. The number of carbonyl (C=O) groups excluding carboxylic acids is 2. The molecular weight excluding hydrogens is 664 g/mol. The molecule has 3 aliphatic rings. The van der Waals surface area contributed by atoms with E-state index in [1.54, 1.807) is 28.3 Å². The smallest absolute Gasteiger partial charge is 0.410 e. The van der Waals surface area contributed by atoms with Gasteiger partial charge in [0.1, 0.15) is 17.9 Å². The van der Waals surface area contributed by atoms with Crippen molar-refractivity contribution < 1.29 is 19.4 Å². The van der Waals surface area contributed by atoms with E-state index in [1.165, 1.54) is 11.1 Å². The maximum Gasteiger partial charge on any atom is 0.410 e. The fourth-order valence-corrected chi connectivity index (χ4v) is 8.18. The molecule has 11 heteroatoms. The Bertz CT molecular complexity index is 1840. The Balaban J connectivity index is 1.22. The Hall–Kier alpha value is -4.41. The van der Waals surface area contributed by atoms with Crippen molar-refractivity contribution in [2.75, 3.05) is 26.2 Å². The lowest BCUT2D eigenvalue weighted by Crippen LogP contribution is -2.62. The first kappa shape index (κ1) is 35.0. The summed E-state index contributed by atoms with van der Waals surface area (Å²) in [6.45, 7) is 4.47. The van der Waals surface area contributed by atoms with Crippen molar-refractivity contribution in [3.63, 3.8) is 0 Å². The molecule has 0 radical (unpaired) electrons. The van der Waals surface area contributed by atoms with Gasteiger partial charge in [0.05, 0.1) is 23.8 Å². The van der Waals surface area contributed by atoms with Crippen molar-refractivity contribution in [2.45, 2.75) is 89.6 Å². The number of piperazine rings is 1. The van der Waals surface area contributed by atoms with E-state index in [9.17, 15) is 9.90 Å². The number of para-hydroxylation sites is 1. The average molecular weight is 711 g/mol. The molecule has 2 aromatic heterocycles. The SMILES string of the molecule is Cc1cn(CCCN(Cc2ccccc2O)C(=O)[C@H]2CN([C@H]3c4ccc(Cl)cc4CCc4cccnc43)CCN2C(=O)OC2CCCCC2)cn1. The predicted octanol–water partition coefficient (Wildman–Crippen LogP) is 6.71. The fourth-order valence-electron chi connectivity index (χ4n) is 7.98. The van der Waals surface area contributed by atoms with Crippen molar-refractivity contribution in [2.24, 2.45) is 0 Å². The standard InChI is InChI=1S/C40H47ClN6O4/c1-28-24-44(27-43-28)19-8-20-46(25-31-9-5-6-13-36(31)48)39(49)35-26-45(21-22-47(35)40(50)51-33-11-3-2-4-12-33)38-34-17-16-32(41)23-30(34)15-14-29-10-7-18-42-37(29)38/h5-7,9-10,13,16-18,23-24,27,33,35,38,48H,2-4,8,11-12,14-15,19-22,25-26H2,1H3/t35-,38+/m1/s1. The van der Waals surface area contributed by atoms with E-state index in [0.717, 1.165) is 61.9 Å². The summed E-state index contributed by atoms with van der Waals surface area (Å²) in [4.78, 5) is 44.1.